The smallest absolute Gasteiger partial charge is 0.257 e. The standard InChI is InChI=1S/C19H17ClN2O3S2/c1-11-8-13(4-6-15(11)18-10-26-12(2)21-18)22-19(23)16-7-5-14(9-17(16)20)27(3,24)25/h4-10H,1-3H3,(H,22,23). The first kappa shape index (κ1) is 19.5. The third-order valence-corrected chi connectivity index (χ3v) is 6.19. The SMILES string of the molecule is Cc1nc(-c2ccc(NC(=O)c3ccc(S(C)(=O)=O)cc3Cl)cc2C)cs1. The molecule has 3 aromatic rings. The van der Waals surface area contributed by atoms with Gasteiger partial charge >= 0.3 is 0 Å². The van der Waals surface area contributed by atoms with Gasteiger partial charge in [-0.3, -0.25) is 4.79 Å². The molecule has 0 aliphatic carbocycles. The molecule has 140 valence electrons. The van der Waals surface area contributed by atoms with Crippen molar-refractivity contribution >= 4 is 44.4 Å². The summed E-state index contributed by atoms with van der Waals surface area (Å²) < 4.78 is 23.2. The predicted octanol–water partition coefficient (Wildman–Crippen LogP) is 4.74. The van der Waals surface area contributed by atoms with Gasteiger partial charge in [-0.15, -0.1) is 11.3 Å². The van der Waals surface area contributed by atoms with Crippen LogP contribution in [-0.2, 0) is 9.84 Å². The molecule has 0 radical (unpaired) electrons. The number of sulfone groups is 1. The molecule has 27 heavy (non-hydrogen) atoms. The summed E-state index contributed by atoms with van der Waals surface area (Å²) in [5.74, 6) is -0.406. The maximum absolute atomic E-state index is 12.5. The third-order valence-electron chi connectivity index (χ3n) is 3.99. The van der Waals surface area contributed by atoms with Crippen molar-refractivity contribution in [2.24, 2.45) is 0 Å². The molecule has 0 bridgehead atoms. The normalized spacial score (nSPS) is 11.4. The Morgan fingerprint density at radius 1 is 1.15 bits per heavy atom. The molecule has 0 fully saturated rings. The molecule has 1 aromatic heterocycles. The van der Waals surface area contributed by atoms with Crippen LogP contribution in [0.5, 0.6) is 0 Å². The Balaban J connectivity index is 1.83. The molecular weight excluding hydrogens is 404 g/mol. The molecule has 0 saturated carbocycles. The van der Waals surface area contributed by atoms with Gasteiger partial charge in [0, 0.05) is 22.9 Å². The summed E-state index contributed by atoms with van der Waals surface area (Å²) >= 11 is 7.69. The first-order valence-electron chi connectivity index (χ1n) is 7.99. The van der Waals surface area contributed by atoms with E-state index in [9.17, 15) is 13.2 Å². The second-order valence-corrected chi connectivity index (χ2v) is 9.63. The van der Waals surface area contributed by atoms with Gasteiger partial charge in [0.1, 0.15) is 0 Å². The van der Waals surface area contributed by atoms with Crippen LogP contribution >= 0.6 is 22.9 Å². The van der Waals surface area contributed by atoms with Crippen molar-refractivity contribution in [2.45, 2.75) is 18.7 Å². The summed E-state index contributed by atoms with van der Waals surface area (Å²) in [6, 6.07) is 9.63. The minimum absolute atomic E-state index is 0.0720. The highest BCUT2D eigenvalue weighted by Gasteiger charge is 2.15. The summed E-state index contributed by atoms with van der Waals surface area (Å²) in [6.07, 6.45) is 1.09. The number of carbonyl (C=O) groups excluding carboxylic acids is 1. The van der Waals surface area contributed by atoms with Gasteiger partial charge in [-0.25, -0.2) is 13.4 Å². The highest BCUT2D eigenvalue weighted by atomic mass is 35.5. The van der Waals surface area contributed by atoms with Crippen molar-refractivity contribution in [3.8, 4) is 11.3 Å². The Hall–Kier alpha value is -2.22. The van der Waals surface area contributed by atoms with E-state index in [0.29, 0.717) is 5.69 Å². The number of thiazole rings is 1. The molecule has 1 heterocycles. The number of nitrogens with one attached hydrogen (secondary N) is 1. The van der Waals surface area contributed by atoms with E-state index in [1.165, 1.54) is 18.2 Å². The van der Waals surface area contributed by atoms with E-state index >= 15 is 0 Å². The molecule has 0 spiro atoms. The molecule has 0 aliphatic rings. The minimum Gasteiger partial charge on any atom is -0.322 e. The fraction of sp³-hybridized carbons (Fsp3) is 0.158. The molecule has 1 amide bonds. The number of rotatable bonds is 4. The van der Waals surface area contributed by atoms with Crippen molar-refractivity contribution in [3.05, 3.63) is 62.9 Å². The van der Waals surface area contributed by atoms with E-state index in [1.807, 2.05) is 31.4 Å². The molecule has 0 atom stereocenters. The fourth-order valence-electron chi connectivity index (χ4n) is 2.62. The summed E-state index contributed by atoms with van der Waals surface area (Å²) in [4.78, 5) is 17.1. The molecule has 0 saturated heterocycles. The molecule has 8 heteroatoms. The van der Waals surface area contributed by atoms with Crippen molar-refractivity contribution in [2.75, 3.05) is 11.6 Å². The monoisotopic (exact) mass is 420 g/mol. The van der Waals surface area contributed by atoms with Crippen LogP contribution in [0.2, 0.25) is 5.02 Å². The Kier molecular flexibility index (Phi) is 5.37. The summed E-state index contributed by atoms with van der Waals surface area (Å²) in [5.41, 5.74) is 3.73. The van der Waals surface area contributed by atoms with Crippen LogP contribution in [-0.4, -0.2) is 25.6 Å². The highest BCUT2D eigenvalue weighted by Crippen LogP contribution is 2.28. The number of aromatic nitrogens is 1. The quantitative estimate of drug-likeness (QED) is 0.661. The Morgan fingerprint density at radius 3 is 2.44 bits per heavy atom. The Morgan fingerprint density at radius 2 is 1.89 bits per heavy atom. The third kappa shape index (κ3) is 4.37. The van der Waals surface area contributed by atoms with Crippen LogP contribution < -0.4 is 5.32 Å². The lowest BCUT2D eigenvalue weighted by molar-refractivity contribution is 0.102. The number of hydrogen-bond donors (Lipinski definition) is 1. The first-order chi connectivity index (χ1) is 12.6. The topological polar surface area (TPSA) is 76.1 Å². The number of aryl methyl sites for hydroxylation is 2. The number of nitrogens with zero attached hydrogens (tertiary/aromatic N) is 1. The number of amides is 1. The van der Waals surface area contributed by atoms with Crippen LogP contribution in [0.15, 0.2) is 46.7 Å². The second-order valence-electron chi connectivity index (χ2n) is 6.15. The number of halogens is 1. The average Bonchev–Trinajstić information content (AvgIpc) is 3.00. The van der Waals surface area contributed by atoms with Gasteiger partial charge in [0.15, 0.2) is 9.84 Å². The van der Waals surface area contributed by atoms with Crippen molar-refractivity contribution in [1.82, 2.24) is 4.98 Å². The van der Waals surface area contributed by atoms with Crippen molar-refractivity contribution in [1.29, 1.82) is 0 Å². The molecule has 0 unspecified atom stereocenters. The van der Waals surface area contributed by atoms with Gasteiger partial charge < -0.3 is 5.32 Å². The number of carbonyl (C=O) groups is 1. The largest absolute Gasteiger partial charge is 0.322 e. The molecule has 1 N–H and O–H groups in total. The second kappa shape index (κ2) is 7.42. The average molecular weight is 421 g/mol. The fourth-order valence-corrected chi connectivity index (χ4v) is 4.22. The lowest BCUT2D eigenvalue weighted by atomic mass is 10.1. The molecule has 5 nitrogen and oxygen atoms in total. The first-order valence-corrected chi connectivity index (χ1v) is 11.1. The van der Waals surface area contributed by atoms with Crippen LogP contribution in [0.3, 0.4) is 0 Å². The van der Waals surface area contributed by atoms with Crippen LogP contribution in [0, 0.1) is 13.8 Å². The van der Waals surface area contributed by atoms with Crippen LogP contribution in [0.4, 0.5) is 5.69 Å². The van der Waals surface area contributed by atoms with E-state index in [-0.39, 0.29) is 15.5 Å². The summed E-state index contributed by atoms with van der Waals surface area (Å²) in [6.45, 7) is 3.91. The summed E-state index contributed by atoms with van der Waals surface area (Å²) in [5, 5.41) is 5.87. The maximum Gasteiger partial charge on any atom is 0.257 e. The van der Waals surface area contributed by atoms with Gasteiger partial charge in [-0.05, 0) is 49.7 Å². The maximum atomic E-state index is 12.5. The molecule has 3 rings (SSSR count). The van der Waals surface area contributed by atoms with Gasteiger partial charge in [0.2, 0.25) is 0 Å². The van der Waals surface area contributed by atoms with Crippen LogP contribution in [0.1, 0.15) is 20.9 Å². The van der Waals surface area contributed by atoms with Crippen molar-refractivity contribution < 1.29 is 13.2 Å². The number of hydrogen-bond acceptors (Lipinski definition) is 5. The zero-order valence-corrected chi connectivity index (χ0v) is 17.3. The molecule has 2 aromatic carbocycles. The van der Waals surface area contributed by atoms with Crippen molar-refractivity contribution in [3.63, 3.8) is 0 Å². The van der Waals surface area contributed by atoms with Gasteiger partial charge in [-0.2, -0.15) is 0 Å². The summed E-state index contributed by atoms with van der Waals surface area (Å²) in [7, 11) is -3.38. The van der Waals surface area contributed by atoms with E-state index in [0.717, 1.165) is 28.1 Å². The van der Waals surface area contributed by atoms with Gasteiger partial charge in [-0.1, -0.05) is 17.7 Å². The molecular formula is C19H17ClN2O3S2. The predicted molar refractivity (Wildman–Crippen MR) is 110 cm³/mol. The van der Waals surface area contributed by atoms with Gasteiger partial charge in [0.05, 0.1) is 26.2 Å². The Bertz CT molecular complexity index is 1140. The zero-order chi connectivity index (χ0) is 19.8. The number of benzene rings is 2. The Labute approximate surface area is 167 Å². The van der Waals surface area contributed by atoms with E-state index in [4.69, 9.17) is 11.6 Å². The lowest BCUT2D eigenvalue weighted by Crippen LogP contribution is -2.13. The highest BCUT2D eigenvalue weighted by molar-refractivity contribution is 7.90. The lowest BCUT2D eigenvalue weighted by Gasteiger charge is -2.10. The number of anilines is 1. The van der Waals surface area contributed by atoms with Gasteiger partial charge in [0.25, 0.3) is 5.91 Å². The van der Waals surface area contributed by atoms with E-state index in [2.05, 4.69) is 10.3 Å². The minimum atomic E-state index is -3.38. The molecule has 0 aliphatic heterocycles. The zero-order valence-electron chi connectivity index (χ0n) is 14.9. The van der Waals surface area contributed by atoms with E-state index in [1.54, 1.807) is 17.4 Å². The van der Waals surface area contributed by atoms with Crippen LogP contribution in [0.25, 0.3) is 11.3 Å². The van der Waals surface area contributed by atoms with E-state index < -0.39 is 15.7 Å².